The Bertz CT molecular complexity index is 1310. The molecule has 2 aromatic heterocycles. The number of aromatic nitrogens is 3. The van der Waals surface area contributed by atoms with Gasteiger partial charge in [-0.25, -0.2) is 9.78 Å². The molecule has 1 unspecified atom stereocenters. The first kappa shape index (κ1) is 24.0. The van der Waals surface area contributed by atoms with Crippen LogP contribution in [0, 0.1) is 0 Å². The van der Waals surface area contributed by atoms with E-state index < -0.39 is 11.9 Å². The number of hydrogen-bond acceptors (Lipinski definition) is 8. The predicted octanol–water partition coefficient (Wildman–Crippen LogP) is 2.15. The van der Waals surface area contributed by atoms with Gasteiger partial charge in [0.1, 0.15) is 11.5 Å². The number of amides is 4. The number of carbonyl (C=O) groups is 3. The van der Waals surface area contributed by atoms with Crippen LogP contribution in [0.2, 0.25) is 0 Å². The molecule has 4 N–H and O–H groups in total. The molecule has 12 heteroatoms. The molecule has 2 aromatic rings. The van der Waals surface area contributed by atoms with Crippen molar-refractivity contribution < 1.29 is 14.4 Å². The molecule has 194 valence electrons. The van der Waals surface area contributed by atoms with Crippen LogP contribution in [-0.2, 0) is 9.59 Å². The fourth-order valence-electron chi connectivity index (χ4n) is 4.83. The van der Waals surface area contributed by atoms with Gasteiger partial charge < -0.3 is 20.9 Å². The highest BCUT2D eigenvalue weighted by molar-refractivity contribution is 8.04. The van der Waals surface area contributed by atoms with Crippen molar-refractivity contribution in [2.45, 2.75) is 49.8 Å². The van der Waals surface area contributed by atoms with E-state index in [1.165, 1.54) is 37.7 Å². The lowest BCUT2D eigenvalue weighted by Gasteiger charge is -2.15. The van der Waals surface area contributed by atoms with Gasteiger partial charge in [-0.2, -0.15) is 9.61 Å². The summed E-state index contributed by atoms with van der Waals surface area (Å²) in [4.78, 5) is 44.4. The number of anilines is 1. The maximum Gasteiger partial charge on any atom is 0.326 e. The zero-order chi connectivity index (χ0) is 25.4. The molecule has 4 aliphatic rings. The zero-order valence-electron chi connectivity index (χ0n) is 20.5. The smallest absolute Gasteiger partial charge is 0.326 e. The van der Waals surface area contributed by atoms with Crippen LogP contribution in [0.4, 0.5) is 10.6 Å². The molecule has 1 atom stereocenters. The van der Waals surface area contributed by atoms with E-state index in [9.17, 15) is 14.4 Å². The van der Waals surface area contributed by atoms with Gasteiger partial charge in [-0.15, -0.1) is 11.8 Å². The number of nitrogens with one attached hydrogen (secondary N) is 4. The number of rotatable bonds is 9. The van der Waals surface area contributed by atoms with Crippen molar-refractivity contribution in [3.8, 4) is 0 Å². The summed E-state index contributed by atoms with van der Waals surface area (Å²) in [6.07, 6.45) is 11.6. The van der Waals surface area contributed by atoms with Gasteiger partial charge in [0.15, 0.2) is 5.65 Å². The molecule has 0 bridgehead atoms. The summed E-state index contributed by atoms with van der Waals surface area (Å²) in [7, 11) is 0. The number of nitrogens with zero attached hydrogens (tertiary/aromatic N) is 4. The molecule has 3 fully saturated rings. The van der Waals surface area contributed by atoms with Crippen molar-refractivity contribution in [3.63, 3.8) is 0 Å². The normalized spacial score (nSPS) is 23.0. The van der Waals surface area contributed by atoms with Crippen molar-refractivity contribution in [1.29, 1.82) is 0 Å². The second-order valence-electron chi connectivity index (χ2n) is 9.86. The molecule has 5 heterocycles. The number of fused-ring (bicyclic) bond motifs is 1. The van der Waals surface area contributed by atoms with Crippen molar-refractivity contribution in [3.05, 3.63) is 40.2 Å². The highest BCUT2D eigenvalue weighted by Crippen LogP contribution is 2.44. The summed E-state index contributed by atoms with van der Waals surface area (Å²) in [6.45, 7) is 4.05. The second-order valence-corrected chi connectivity index (χ2v) is 11.1. The fraction of sp³-hybridized carbons (Fsp3) is 0.480. The monoisotopic (exact) mass is 522 g/mol. The number of urea groups is 1. The second kappa shape index (κ2) is 10.2. The lowest BCUT2D eigenvalue weighted by atomic mass is 10.2. The summed E-state index contributed by atoms with van der Waals surface area (Å²) in [5, 5.41) is 15.8. The average molecular weight is 523 g/mol. The molecule has 1 saturated carbocycles. The van der Waals surface area contributed by atoms with E-state index in [1.54, 1.807) is 16.8 Å². The Morgan fingerprint density at radius 2 is 2.05 bits per heavy atom. The first-order valence-corrected chi connectivity index (χ1v) is 13.8. The van der Waals surface area contributed by atoms with Gasteiger partial charge in [-0.3, -0.25) is 14.9 Å². The Labute approximate surface area is 218 Å². The van der Waals surface area contributed by atoms with Crippen LogP contribution in [0.25, 0.3) is 11.7 Å². The number of allylic oxidation sites excluding steroid dienone is 1. The van der Waals surface area contributed by atoms with Gasteiger partial charge in [0.25, 0.3) is 11.8 Å². The van der Waals surface area contributed by atoms with E-state index in [-0.39, 0.29) is 16.9 Å². The summed E-state index contributed by atoms with van der Waals surface area (Å²) in [6, 6.07) is 1.86. The minimum Gasteiger partial charge on any atom is -0.367 e. The SMILES string of the molecule is O=C1NC(=O)/C(=C/c2cnn3c(NC4CC4)cc(C4CC=C(C(=O)NCCCN5CCCC5)S4)nc23)N1. The van der Waals surface area contributed by atoms with E-state index >= 15 is 0 Å². The minimum absolute atomic E-state index is 0.0000111. The van der Waals surface area contributed by atoms with E-state index in [1.807, 2.05) is 12.1 Å². The van der Waals surface area contributed by atoms with Gasteiger partial charge in [0.05, 0.1) is 22.0 Å². The highest BCUT2D eigenvalue weighted by atomic mass is 32.2. The molecule has 0 spiro atoms. The van der Waals surface area contributed by atoms with Crippen LogP contribution in [0.3, 0.4) is 0 Å². The number of thioether (sulfide) groups is 1. The molecule has 2 saturated heterocycles. The maximum absolute atomic E-state index is 12.8. The Balaban J connectivity index is 1.16. The highest BCUT2D eigenvalue weighted by Gasteiger charge is 2.29. The first-order chi connectivity index (χ1) is 18.0. The molecule has 0 aromatic carbocycles. The maximum atomic E-state index is 12.8. The summed E-state index contributed by atoms with van der Waals surface area (Å²) in [5.41, 5.74) is 2.21. The lowest BCUT2D eigenvalue weighted by molar-refractivity contribution is -0.117. The van der Waals surface area contributed by atoms with E-state index in [4.69, 9.17) is 4.98 Å². The van der Waals surface area contributed by atoms with Gasteiger partial charge in [-0.1, -0.05) is 6.08 Å². The Morgan fingerprint density at radius 3 is 2.81 bits per heavy atom. The van der Waals surface area contributed by atoms with Gasteiger partial charge in [0.2, 0.25) is 0 Å². The minimum atomic E-state index is -0.548. The third-order valence-corrected chi connectivity index (χ3v) is 8.27. The Morgan fingerprint density at radius 1 is 1.22 bits per heavy atom. The lowest BCUT2D eigenvalue weighted by Crippen LogP contribution is -2.28. The van der Waals surface area contributed by atoms with Crippen LogP contribution >= 0.6 is 11.8 Å². The van der Waals surface area contributed by atoms with Crippen LogP contribution in [0.5, 0.6) is 0 Å². The summed E-state index contributed by atoms with van der Waals surface area (Å²) >= 11 is 1.53. The van der Waals surface area contributed by atoms with Crippen molar-refractivity contribution >= 4 is 47.1 Å². The van der Waals surface area contributed by atoms with Gasteiger partial charge in [0, 0.05) is 24.2 Å². The average Bonchev–Trinajstić information content (AvgIpc) is 3.30. The topological polar surface area (TPSA) is 133 Å². The molecule has 37 heavy (non-hydrogen) atoms. The number of imide groups is 1. The molecular formula is C25H30N8O3S. The fourth-order valence-corrected chi connectivity index (χ4v) is 5.94. The Kier molecular flexibility index (Phi) is 6.59. The van der Waals surface area contributed by atoms with Gasteiger partial charge in [-0.05, 0) is 64.2 Å². The quantitative estimate of drug-likeness (QED) is 0.224. The molecule has 1 aliphatic carbocycles. The standard InChI is InChI=1S/C25H30N8O3S/c34-23-18(30-25(36)31-23)12-15-14-27-33-21(28-16-4-5-16)13-17(29-22(15)33)19-6-7-20(37-19)24(35)26-8-3-11-32-9-1-2-10-32/h7,12-14,16,19,28H,1-6,8-11H2,(H,26,35)(H2,30,31,34,36)/b18-12-. The molecule has 3 aliphatic heterocycles. The zero-order valence-corrected chi connectivity index (χ0v) is 21.3. The van der Waals surface area contributed by atoms with E-state index in [0.717, 1.165) is 42.2 Å². The number of likely N-dealkylation sites (tertiary alicyclic amines) is 1. The molecule has 4 amide bonds. The van der Waals surface area contributed by atoms with E-state index in [0.29, 0.717) is 30.2 Å². The van der Waals surface area contributed by atoms with Crippen LogP contribution < -0.4 is 21.3 Å². The largest absolute Gasteiger partial charge is 0.367 e. The van der Waals surface area contributed by atoms with Crippen molar-refractivity contribution in [2.75, 3.05) is 31.5 Å². The van der Waals surface area contributed by atoms with E-state index in [2.05, 4.69) is 31.3 Å². The van der Waals surface area contributed by atoms with Crippen LogP contribution in [0.15, 0.2) is 28.9 Å². The summed E-state index contributed by atoms with van der Waals surface area (Å²) < 4.78 is 1.73. The van der Waals surface area contributed by atoms with Crippen molar-refractivity contribution in [1.82, 2.24) is 35.4 Å². The molecule has 11 nitrogen and oxygen atoms in total. The third-order valence-electron chi connectivity index (χ3n) is 6.94. The molecular weight excluding hydrogens is 492 g/mol. The number of carbonyl (C=O) groups excluding carboxylic acids is 3. The third kappa shape index (κ3) is 5.35. The molecule has 6 rings (SSSR count). The first-order valence-electron chi connectivity index (χ1n) is 12.9. The molecule has 0 radical (unpaired) electrons. The van der Waals surface area contributed by atoms with Crippen molar-refractivity contribution in [2.24, 2.45) is 0 Å². The predicted molar refractivity (Wildman–Crippen MR) is 141 cm³/mol. The van der Waals surface area contributed by atoms with Crippen LogP contribution in [-0.4, -0.2) is 69.6 Å². The van der Waals surface area contributed by atoms with Crippen LogP contribution in [0.1, 0.15) is 55.0 Å². The number of hydrogen-bond donors (Lipinski definition) is 4. The van der Waals surface area contributed by atoms with Gasteiger partial charge >= 0.3 is 6.03 Å². The summed E-state index contributed by atoms with van der Waals surface area (Å²) in [5.74, 6) is 0.319. The Hall–Kier alpha value is -3.38.